The third-order valence-electron chi connectivity index (χ3n) is 3.01. The van der Waals surface area contributed by atoms with Crippen LogP contribution in [0.1, 0.15) is 5.56 Å². The number of nitrogens with zero attached hydrogens (tertiary/aromatic N) is 2. The summed E-state index contributed by atoms with van der Waals surface area (Å²) in [4.78, 5) is 16.6. The van der Waals surface area contributed by atoms with Gasteiger partial charge in [0.25, 0.3) is 5.56 Å². The Balaban J connectivity index is 1.94. The fourth-order valence-corrected chi connectivity index (χ4v) is 3.03. The van der Waals surface area contributed by atoms with E-state index >= 15 is 0 Å². The maximum Gasteiger partial charge on any atom is 0.261 e. The van der Waals surface area contributed by atoms with E-state index in [1.165, 1.54) is 5.56 Å². The van der Waals surface area contributed by atoms with E-state index in [9.17, 15) is 4.79 Å². The van der Waals surface area contributed by atoms with Crippen LogP contribution in [-0.2, 0) is 13.0 Å². The lowest BCUT2D eigenvalue weighted by molar-refractivity contribution is 0.663. The average Bonchev–Trinajstić information content (AvgIpc) is 2.91. The summed E-state index contributed by atoms with van der Waals surface area (Å²) in [6.45, 7) is 0.661. The van der Waals surface area contributed by atoms with Gasteiger partial charge in [-0.1, -0.05) is 15.9 Å². The third kappa shape index (κ3) is 2.62. The van der Waals surface area contributed by atoms with Crippen LogP contribution in [0, 0.1) is 0 Å². The lowest BCUT2D eigenvalue weighted by atomic mass is 10.2. The van der Waals surface area contributed by atoms with E-state index in [1.807, 2.05) is 23.6 Å². The molecule has 0 unspecified atom stereocenters. The van der Waals surface area contributed by atoms with E-state index in [-0.39, 0.29) is 5.56 Å². The molecule has 5 heteroatoms. The normalized spacial score (nSPS) is 11.0. The smallest absolute Gasteiger partial charge is 0.261 e. The Kier molecular flexibility index (Phi) is 3.48. The Morgan fingerprint density at radius 2 is 2.21 bits per heavy atom. The molecule has 0 bridgehead atoms. The van der Waals surface area contributed by atoms with Crippen molar-refractivity contribution in [3.8, 4) is 0 Å². The number of benzene rings is 1. The molecule has 0 N–H and O–H groups in total. The van der Waals surface area contributed by atoms with Gasteiger partial charge in [-0.05, 0) is 47.0 Å². The molecule has 19 heavy (non-hydrogen) atoms. The number of aromatic nitrogens is 2. The molecule has 0 spiro atoms. The standard InChI is InChI=1S/C14H11BrN2OS/c15-11-1-2-12-13(7-11)16-9-17(14(12)18)5-3-10-4-6-19-8-10/h1-2,4,6-9H,3,5H2. The van der Waals surface area contributed by atoms with Gasteiger partial charge in [0.15, 0.2) is 0 Å². The third-order valence-corrected chi connectivity index (χ3v) is 4.23. The van der Waals surface area contributed by atoms with Gasteiger partial charge in [-0.3, -0.25) is 9.36 Å². The molecule has 0 aliphatic rings. The topological polar surface area (TPSA) is 34.9 Å². The molecular formula is C14H11BrN2OS. The first-order valence-electron chi connectivity index (χ1n) is 5.90. The van der Waals surface area contributed by atoms with Crippen LogP contribution in [0.4, 0.5) is 0 Å². The molecule has 0 aliphatic heterocycles. The Morgan fingerprint density at radius 1 is 1.32 bits per heavy atom. The summed E-state index contributed by atoms with van der Waals surface area (Å²) in [6, 6.07) is 7.63. The van der Waals surface area contributed by atoms with E-state index < -0.39 is 0 Å². The van der Waals surface area contributed by atoms with Crippen LogP contribution in [0.5, 0.6) is 0 Å². The molecule has 1 aromatic carbocycles. The van der Waals surface area contributed by atoms with Crippen molar-refractivity contribution in [2.75, 3.05) is 0 Å². The van der Waals surface area contributed by atoms with E-state index in [1.54, 1.807) is 22.2 Å². The van der Waals surface area contributed by atoms with Crippen molar-refractivity contribution in [3.05, 3.63) is 61.7 Å². The first kappa shape index (κ1) is 12.6. The predicted octanol–water partition coefficient (Wildman–Crippen LogP) is 3.46. The van der Waals surface area contributed by atoms with Crippen molar-refractivity contribution < 1.29 is 0 Å². The second-order valence-electron chi connectivity index (χ2n) is 4.29. The van der Waals surface area contributed by atoms with Gasteiger partial charge in [0, 0.05) is 11.0 Å². The minimum Gasteiger partial charge on any atom is -0.298 e. The summed E-state index contributed by atoms with van der Waals surface area (Å²) in [5.41, 5.74) is 2.01. The van der Waals surface area contributed by atoms with Crippen LogP contribution < -0.4 is 5.56 Å². The highest BCUT2D eigenvalue weighted by molar-refractivity contribution is 9.10. The maximum absolute atomic E-state index is 12.3. The molecule has 0 saturated carbocycles. The van der Waals surface area contributed by atoms with Crippen LogP contribution in [0.2, 0.25) is 0 Å². The van der Waals surface area contributed by atoms with E-state index in [2.05, 4.69) is 32.4 Å². The molecule has 3 aromatic rings. The Bertz CT molecular complexity index is 765. The van der Waals surface area contributed by atoms with Crippen molar-refractivity contribution in [3.63, 3.8) is 0 Å². The highest BCUT2D eigenvalue weighted by Crippen LogP contribution is 2.15. The van der Waals surface area contributed by atoms with Gasteiger partial charge in [-0.25, -0.2) is 4.98 Å². The maximum atomic E-state index is 12.3. The van der Waals surface area contributed by atoms with Crippen molar-refractivity contribution >= 4 is 38.2 Å². The Morgan fingerprint density at radius 3 is 3.00 bits per heavy atom. The van der Waals surface area contributed by atoms with Crippen LogP contribution >= 0.6 is 27.3 Å². The van der Waals surface area contributed by atoms with E-state index in [0.29, 0.717) is 11.9 Å². The quantitative estimate of drug-likeness (QED) is 0.735. The largest absolute Gasteiger partial charge is 0.298 e. The predicted molar refractivity (Wildman–Crippen MR) is 81.7 cm³/mol. The molecule has 0 aliphatic carbocycles. The zero-order valence-corrected chi connectivity index (χ0v) is 12.4. The zero-order valence-electron chi connectivity index (χ0n) is 10.0. The van der Waals surface area contributed by atoms with Gasteiger partial charge in [-0.15, -0.1) is 0 Å². The average molecular weight is 335 g/mol. The Labute approximate surface area is 122 Å². The van der Waals surface area contributed by atoms with E-state index in [0.717, 1.165) is 16.4 Å². The number of hydrogen-bond acceptors (Lipinski definition) is 3. The minimum atomic E-state index is 0.0210. The van der Waals surface area contributed by atoms with Crippen LogP contribution in [-0.4, -0.2) is 9.55 Å². The van der Waals surface area contributed by atoms with E-state index in [4.69, 9.17) is 0 Å². The van der Waals surface area contributed by atoms with Crippen LogP contribution in [0.3, 0.4) is 0 Å². The molecule has 0 fully saturated rings. The van der Waals surface area contributed by atoms with Gasteiger partial charge in [0.1, 0.15) is 0 Å². The van der Waals surface area contributed by atoms with Crippen molar-refractivity contribution in [1.29, 1.82) is 0 Å². The fourth-order valence-electron chi connectivity index (χ4n) is 1.98. The molecule has 0 radical (unpaired) electrons. The monoisotopic (exact) mass is 334 g/mol. The molecule has 96 valence electrons. The highest BCUT2D eigenvalue weighted by Gasteiger charge is 2.04. The fraction of sp³-hybridized carbons (Fsp3) is 0.143. The minimum absolute atomic E-state index is 0.0210. The van der Waals surface area contributed by atoms with Gasteiger partial charge in [-0.2, -0.15) is 11.3 Å². The number of halogens is 1. The van der Waals surface area contributed by atoms with Gasteiger partial charge >= 0.3 is 0 Å². The summed E-state index contributed by atoms with van der Waals surface area (Å²) in [6.07, 6.45) is 2.48. The molecule has 3 nitrogen and oxygen atoms in total. The number of fused-ring (bicyclic) bond motifs is 1. The van der Waals surface area contributed by atoms with Crippen molar-refractivity contribution in [2.24, 2.45) is 0 Å². The number of hydrogen-bond donors (Lipinski definition) is 0. The van der Waals surface area contributed by atoms with Crippen LogP contribution in [0.25, 0.3) is 10.9 Å². The molecular weight excluding hydrogens is 324 g/mol. The highest BCUT2D eigenvalue weighted by atomic mass is 79.9. The van der Waals surface area contributed by atoms with Crippen LogP contribution in [0.15, 0.2) is 50.6 Å². The van der Waals surface area contributed by atoms with Crippen molar-refractivity contribution in [2.45, 2.75) is 13.0 Å². The summed E-state index contributed by atoms with van der Waals surface area (Å²) >= 11 is 5.06. The molecule has 0 saturated heterocycles. The lowest BCUT2D eigenvalue weighted by Crippen LogP contribution is -2.21. The summed E-state index contributed by atoms with van der Waals surface area (Å²) in [5, 5.41) is 4.82. The molecule has 2 heterocycles. The van der Waals surface area contributed by atoms with Gasteiger partial charge < -0.3 is 0 Å². The zero-order chi connectivity index (χ0) is 13.2. The van der Waals surface area contributed by atoms with Gasteiger partial charge in [0.2, 0.25) is 0 Å². The second-order valence-corrected chi connectivity index (χ2v) is 5.98. The van der Waals surface area contributed by atoms with Crippen molar-refractivity contribution in [1.82, 2.24) is 9.55 Å². The molecule has 0 atom stereocenters. The number of rotatable bonds is 3. The molecule has 0 amide bonds. The lowest BCUT2D eigenvalue weighted by Gasteiger charge is -2.06. The summed E-state index contributed by atoms with van der Waals surface area (Å²) in [7, 11) is 0. The molecule has 2 aromatic heterocycles. The molecule has 3 rings (SSSR count). The first-order valence-corrected chi connectivity index (χ1v) is 7.63. The van der Waals surface area contributed by atoms with Gasteiger partial charge in [0.05, 0.1) is 17.2 Å². The Hall–Kier alpha value is -1.46. The first-order chi connectivity index (χ1) is 9.24. The number of aryl methyl sites for hydroxylation is 2. The second kappa shape index (κ2) is 5.27. The SMILES string of the molecule is O=c1c2ccc(Br)cc2ncn1CCc1ccsc1. The number of thiophene rings is 1. The summed E-state index contributed by atoms with van der Waals surface area (Å²) in [5.74, 6) is 0. The summed E-state index contributed by atoms with van der Waals surface area (Å²) < 4.78 is 2.61.